The molecule has 2 aromatic rings. The van der Waals surface area contributed by atoms with E-state index < -0.39 is 6.10 Å². The largest absolute Gasteiger partial charge is 0.491 e. The lowest BCUT2D eigenvalue weighted by Crippen LogP contribution is -2.36. The molecule has 0 aliphatic carbocycles. The van der Waals surface area contributed by atoms with Crippen LogP contribution >= 0.6 is 0 Å². The zero-order valence-electron chi connectivity index (χ0n) is 17.1. The van der Waals surface area contributed by atoms with Gasteiger partial charge in [0.05, 0.1) is 0 Å². The molecule has 0 radical (unpaired) electrons. The minimum absolute atomic E-state index is 0.290. The van der Waals surface area contributed by atoms with E-state index in [1.165, 1.54) is 16.7 Å². The van der Waals surface area contributed by atoms with Crippen LogP contribution in [0.1, 0.15) is 28.7 Å². The van der Waals surface area contributed by atoms with E-state index in [0.29, 0.717) is 13.2 Å². The normalized spacial score (nSPS) is 12.4. The van der Waals surface area contributed by atoms with Crippen LogP contribution in [0.2, 0.25) is 0 Å². The Morgan fingerprint density at radius 1 is 1.04 bits per heavy atom. The zero-order valence-corrected chi connectivity index (χ0v) is 17.1. The smallest absolute Gasteiger partial charge is 0.122 e. The van der Waals surface area contributed by atoms with E-state index in [4.69, 9.17) is 9.47 Å². The molecule has 0 aliphatic rings. The number of aliphatic hydroxyl groups is 1. The van der Waals surface area contributed by atoms with Crippen molar-refractivity contribution in [3.63, 3.8) is 0 Å². The molecule has 1 N–H and O–H groups in total. The van der Waals surface area contributed by atoms with Crippen LogP contribution in [-0.4, -0.2) is 49.5 Å². The summed E-state index contributed by atoms with van der Waals surface area (Å²) in [5, 5.41) is 10.5. The molecule has 0 aromatic heterocycles. The molecule has 0 saturated heterocycles. The van der Waals surface area contributed by atoms with Gasteiger partial charge in [-0.3, -0.25) is 4.90 Å². The number of hydrogen-bond donors (Lipinski definition) is 1. The Kier molecular flexibility index (Phi) is 8.79. The summed E-state index contributed by atoms with van der Waals surface area (Å²) in [5.74, 6) is 0.831. The maximum Gasteiger partial charge on any atom is 0.122 e. The Morgan fingerprint density at radius 3 is 2.56 bits per heavy atom. The lowest BCUT2D eigenvalue weighted by atomic mass is 10.0. The maximum absolute atomic E-state index is 10.5. The van der Waals surface area contributed by atoms with Gasteiger partial charge in [0.2, 0.25) is 0 Å². The molecular weight excluding hydrogens is 338 g/mol. The molecule has 0 heterocycles. The summed E-state index contributed by atoms with van der Waals surface area (Å²) >= 11 is 0. The van der Waals surface area contributed by atoms with Crippen LogP contribution in [0.3, 0.4) is 0 Å². The fourth-order valence-corrected chi connectivity index (χ4v) is 3.13. The van der Waals surface area contributed by atoms with Gasteiger partial charge in [-0.1, -0.05) is 42.0 Å². The highest BCUT2D eigenvalue weighted by molar-refractivity contribution is 5.32. The van der Waals surface area contributed by atoms with Crippen molar-refractivity contribution in [1.82, 2.24) is 4.90 Å². The van der Waals surface area contributed by atoms with Crippen LogP contribution in [-0.2, 0) is 11.3 Å². The predicted octanol–water partition coefficient (Wildman–Crippen LogP) is 3.89. The van der Waals surface area contributed by atoms with Gasteiger partial charge in [-0.2, -0.15) is 0 Å². The zero-order chi connectivity index (χ0) is 19.6. The molecule has 0 bridgehead atoms. The van der Waals surface area contributed by atoms with Gasteiger partial charge in [-0.05, 0) is 49.9 Å². The SMILES string of the molecule is COCCCN(Cc1cc(C)ccc1C)CC(O)COc1ccccc1C. The monoisotopic (exact) mass is 371 g/mol. The number of nitrogens with zero attached hydrogens (tertiary/aromatic N) is 1. The molecule has 4 heteroatoms. The Morgan fingerprint density at radius 2 is 1.81 bits per heavy atom. The van der Waals surface area contributed by atoms with E-state index in [1.807, 2.05) is 31.2 Å². The van der Waals surface area contributed by atoms with E-state index >= 15 is 0 Å². The second-order valence-corrected chi connectivity index (χ2v) is 7.24. The van der Waals surface area contributed by atoms with Crippen molar-refractivity contribution >= 4 is 0 Å². The summed E-state index contributed by atoms with van der Waals surface area (Å²) < 4.78 is 11.0. The number of ether oxygens (including phenoxy) is 2. The number of benzene rings is 2. The average molecular weight is 372 g/mol. The Balaban J connectivity index is 1.96. The van der Waals surface area contributed by atoms with Gasteiger partial charge >= 0.3 is 0 Å². The highest BCUT2D eigenvalue weighted by Crippen LogP contribution is 2.17. The minimum Gasteiger partial charge on any atom is -0.491 e. The Labute approximate surface area is 163 Å². The first-order valence-corrected chi connectivity index (χ1v) is 9.63. The average Bonchev–Trinajstić information content (AvgIpc) is 2.64. The van der Waals surface area contributed by atoms with Crippen molar-refractivity contribution in [3.8, 4) is 5.75 Å². The van der Waals surface area contributed by atoms with Gasteiger partial charge in [0.1, 0.15) is 18.5 Å². The molecule has 0 spiro atoms. The second kappa shape index (κ2) is 11.1. The molecule has 27 heavy (non-hydrogen) atoms. The van der Waals surface area contributed by atoms with Crippen molar-refractivity contribution in [1.29, 1.82) is 0 Å². The molecule has 2 rings (SSSR count). The predicted molar refractivity (Wildman–Crippen MR) is 110 cm³/mol. The third-order valence-electron chi connectivity index (χ3n) is 4.72. The minimum atomic E-state index is -0.544. The lowest BCUT2D eigenvalue weighted by molar-refractivity contribution is 0.0615. The number of hydrogen-bond acceptors (Lipinski definition) is 4. The van der Waals surface area contributed by atoms with Crippen LogP contribution in [0.25, 0.3) is 0 Å². The number of methoxy groups -OCH3 is 1. The molecule has 0 saturated carbocycles. The lowest BCUT2D eigenvalue weighted by Gasteiger charge is -2.26. The van der Waals surface area contributed by atoms with E-state index in [9.17, 15) is 5.11 Å². The summed E-state index contributed by atoms with van der Waals surface area (Å²) in [6.45, 7) is 9.55. The number of aryl methyl sites for hydroxylation is 3. The van der Waals surface area contributed by atoms with Crippen LogP contribution in [0.15, 0.2) is 42.5 Å². The van der Waals surface area contributed by atoms with Gasteiger partial charge in [-0.15, -0.1) is 0 Å². The summed E-state index contributed by atoms with van der Waals surface area (Å²) in [6, 6.07) is 14.4. The maximum atomic E-state index is 10.5. The van der Waals surface area contributed by atoms with E-state index in [0.717, 1.165) is 37.4 Å². The summed E-state index contributed by atoms with van der Waals surface area (Å²) in [5.41, 5.74) is 4.93. The van der Waals surface area contributed by atoms with E-state index in [1.54, 1.807) is 7.11 Å². The van der Waals surface area contributed by atoms with Crippen molar-refractivity contribution in [2.45, 2.75) is 39.8 Å². The summed E-state index contributed by atoms with van der Waals surface area (Å²) in [7, 11) is 1.72. The van der Waals surface area contributed by atoms with E-state index in [-0.39, 0.29) is 0 Å². The topological polar surface area (TPSA) is 41.9 Å². The van der Waals surface area contributed by atoms with Crippen LogP contribution < -0.4 is 4.74 Å². The van der Waals surface area contributed by atoms with Crippen molar-refractivity contribution in [2.24, 2.45) is 0 Å². The quantitative estimate of drug-likeness (QED) is 0.609. The molecule has 1 atom stereocenters. The fraction of sp³-hybridized carbons (Fsp3) is 0.478. The fourth-order valence-electron chi connectivity index (χ4n) is 3.13. The number of rotatable bonds is 11. The van der Waals surface area contributed by atoms with Gasteiger partial charge in [-0.25, -0.2) is 0 Å². The van der Waals surface area contributed by atoms with Crippen LogP contribution in [0.5, 0.6) is 5.75 Å². The molecule has 4 nitrogen and oxygen atoms in total. The van der Waals surface area contributed by atoms with Crippen molar-refractivity contribution in [2.75, 3.05) is 33.4 Å². The second-order valence-electron chi connectivity index (χ2n) is 7.24. The molecule has 1 unspecified atom stereocenters. The third-order valence-corrected chi connectivity index (χ3v) is 4.72. The van der Waals surface area contributed by atoms with Crippen LogP contribution in [0, 0.1) is 20.8 Å². The first-order chi connectivity index (χ1) is 13.0. The third kappa shape index (κ3) is 7.33. The highest BCUT2D eigenvalue weighted by Gasteiger charge is 2.14. The molecule has 2 aromatic carbocycles. The summed E-state index contributed by atoms with van der Waals surface area (Å²) in [6.07, 6.45) is 0.393. The standard InChI is InChI=1S/C23H33NO3/c1-18-10-11-19(2)21(14-18)15-24(12-7-13-26-4)16-22(25)17-27-23-9-6-5-8-20(23)3/h5-6,8-11,14,22,25H,7,12-13,15-17H2,1-4H3. The van der Waals surface area contributed by atoms with Crippen LogP contribution in [0.4, 0.5) is 0 Å². The molecule has 0 aliphatic heterocycles. The van der Waals surface area contributed by atoms with E-state index in [2.05, 4.69) is 36.9 Å². The van der Waals surface area contributed by atoms with Gasteiger partial charge in [0.25, 0.3) is 0 Å². The Hall–Kier alpha value is -1.88. The Bertz CT molecular complexity index is 702. The first-order valence-electron chi connectivity index (χ1n) is 9.63. The van der Waals surface area contributed by atoms with Gasteiger partial charge in [0.15, 0.2) is 0 Å². The molecule has 0 fully saturated rings. The van der Waals surface area contributed by atoms with Gasteiger partial charge < -0.3 is 14.6 Å². The molecule has 0 amide bonds. The van der Waals surface area contributed by atoms with Crippen molar-refractivity contribution in [3.05, 3.63) is 64.7 Å². The molecule has 148 valence electrons. The van der Waals surface area contributed by atoms with Gasteiger partial charge in [0, 0.05) is 33.4 Å². The highest BCUT2D eigenvalue weighted by atomic mass is 16.5. The van der Waals surface area contributed by atoms with Crippen molar-refractivity contribution < 1.29 is 14.6 Å². The number of para-hydroxylation sites is 1. The number of aliphatic hydroxyl groups excluding tert-OH is 1. The first kappa shape index (κ1) is 21.4. The summed E-state index contributed by atoms with van der Waals surface area (Å²) in [4.78, 5) is 2.28. The molecular formula is C23H33NO3.